The van der Waals surface area contributed by atoms with Gasteiger partial charge in [0.15, 0.2) is 5.82 Å². The highest BCUT2D eigenvalue weighted by Crippen LogP contribution is 2.29. The highest BCUT2D eigenvalue weighted by atomic mass is 16.2. The van der Waals surface area contributed by atoms with Crippen molar-refractivity contribution in [1.29, 1.82) is 0 Å². The molecule has 0 atom stereocenters. The number of H-pyrrole nitrogens is 1. The monoisotopic (exact) mass is 460 g/mol. The van der Waals surface area contributed by atoms with Gasteiger partial charge in [0, 0.05) is 62.9 Å². The van der Waals surface area contributed by atoms with Crippen molar-refractivity contribution in [3.05, 3.63) is 57.9 Å². The van der Waals surface area contributed by atoms with Gasteiger partial charge in [0.05, 0.1) is 5.52 Å². The van der Waals surface area contributed by atoms with Crippen LogP contribution in [-0.2, 0) is 6.54 Å². The standard InChI is InChI=1S/C27H36N6O/c1-17-7-6-8-18(2)23(17)14-28-26-25-22(19(3)20(4)29-25)13-24(30-26)27(34)33-15-21(16-33)32-11-9-31(5)10-12-32/h6-8,13,21,29H,9-12,14-16H2,1-5H3,(H,28,30). The Labute approximate surface area is 202 Å². The fraction of sp³-hybridized carbons (Fsp3) is 0.481. The van der Waals surface area contributed by atoms with E-state index in [9.17, 15) is 4.79 Å². The summed E-state index contributed by atoms with van der Waals surface area (Å²) in [6, 6.07) is 8.79. The SMILES string of the molecule is Cc1cccc(C)c1CNc1nc(C(=O)N2CC(N3CCN(C)CC3)C2)cc2c(C)c(C)[nH]c12. The van der Waals surface area contributed by atoms with Gasteiger partial charge in [0.1, 0.15) is 5.69 Å². The van der Waals surface area contributed by atoms with Crippen molar-refractivity contribution in [2.45, 2.75) is 40.3 Å². The number of rotatable bonds is 5. The Kier molecular flexibility index (Phi) is 6.08. The lowest BCUT2D eigenvalue weighted by Gasteiger charge is -2.47. The van der Waals surface area contributed by atoms with E-state index in [1.54, 1.807) is 0 Å². The second-order valence-corrected chi connectivity index (χ2v) is 10.1. The van der Waals surface area contributed by atoms with E-state index in [-0.39, 0.29) is 5.91 Å². The lowest BCUT2D eigenvalue weighted by Crippen LogP contribution is -2.64. The number of carbonyl (C=O) groups excluding carboxylic acids is 1. The molecule has 1 amide bonds. The molecule has 34 heavy (non-hydrogen) atoms. The molecule has 3 aromatic rings. The maximum Gasteiger partial charge on any atom is 0.272 e. The van der Waals surface area contributed by atoms with Crippen LogP contribution in [0.1, 0.15) is 38.4 Å². The number of hydrogen-bond acceptors (Lipinski definition) is 5. The number of nitrogens with one attached hydrogen (secondary N) is 2. The molecule has 2 aliphatic rings. The average Bonchev–Trinajstić information content (AvgIpc) is 3.07. The first-order valence-corrected chi connectivity index (χ1v) is 12.3. The molecule has 2 aromatic heterocycles. The van der Waals surface area contributed by atoms with Gasteiger partial charge in [-0.25, -0.2) is 4.98 Å². The lowest BCUT2D eigenvalue weighted by molar-refractivity contribution is 0.0107. The number of likely N-dealkylation sites (tertiary alicyclic amines) is 1. The molecule has 0 bridgehead atoms. The van der Waals surface area contributed by atoms with Crippen LogP contribution in [0.3, 0.4) is 0 Å². The number of amides is 1. The molecular weight excluding hydrogens is 424 g/mol. The molecular formula is C27H36N6O. The number of aromatic nitrogens is 2. The van der Waals surface area contributed by atoms with E-state index in [4.69, 9.17) is 4.98 Å². The van der Waals surface area contributed by atoms with Crippen molar-refractivity contribution in [3.63, 3.8) is 0 Å². The van der Waals surface area contributed by atoms with E-state index >= 15 is 0 Å². The average molecular weight is 461 g/mol. The molecule has 2 N–H and O–H groups in total. The van der Waals surface area contributed by atoms with Gasteiger partial charge in [0.2, 0.25) is 0 Å². The molecule has 0 radical (unpaired) electrons. The third-order valence-electron chi connectivity index (χ3n) is 7.80. The maximum atomic E-state index is 13.4. The summed E-state index contributed by atoms with van der Waals surface area (Å²) in [6.45, 7) is 15.1. The van der Waals surface area contributed by atoms with Crippen LogP contribution in [0.5, 0.6) is 0 Å². The molecule has 5 rings (SSSR count). The Bertz CT molecular complexity index is 1200. The van der Waals surface area contributed by atoms with Crippen LogP contribution in [0.2, 0.25) is 0 Å². The Morgan fingerprint density at radius 3 is 2.44 bits per heavy atom. The number of aryl methyl sites for hydroxylation is 4. The second kappa shape index (κ2) is 9.04. The van der Waals surface area contributed by atoms with Crippen LogP contribution in [-0.4, -0.2) is 82.9 Å². The van der Waals surface area contributed by atoms with E-state index in [0.29, 0.717) is 18.3 Å². The maximum absolute atomic E-state index is 13.4. The smallest absolute Gasteiger partial charge is 0.272 e. The Hall–Kier alpha value is -2.90. The normalized spacial score (nSPS) is 17.9. The second-order valence-electron chi connectivity index (χ2n) is 10.1. The molecule has 1 aromatic carbocycles. The van der Waals surface area contributed by atoms with Crippen molar-refractivity contribution in [1.82, 2.24) is 24.7 Å². The van der Waals surface area contributed by atoms with Crippen LogP contribution in [0.15, 0.2) is 24.3 Å². The van der Waals surface area contributed by atoms with Gasteiger partial charge in [-0.3, -0.25) is 9.69 Å². The molecule has 2 fully saturated rings. The number of nitrogens with zero attached hydrogens (tertiary/aromatic N) is 4. The van der Waals surface area contributed by atoms with Crippen LogP contribution in [0.4, 0.5) is 5.82 Å². The fourth-order valence-corrected chi connectivity index (χ4v) is 5.19. The summed E-state index contributed by atoms with van der Waals surface area (Å²) in [5.41, 5.74) is 7.55. The van der Waals surface area contributed by atoms with Crippen LogP contribution in [0, 0.1) is 27.7 Å². The molecule has 0 spiro atoms. The van der Waals surface area contributed by atoms with Crippen molar-refractivity contribution in [2.75, 3.05) is 51.6 Å². The van der Waals surface area contributed by atoms with Crippen molar-refractivity contribution in [2.24, 2.45) is 0 Å². The summed E-state index contributed by atoms with van der Waals surface area (Å²) >= 11 is 0. The summed E-state index contributed by atoms with van der Waals surface area (Å²) in [6.07, 6.45) is 0. The molecule has 0 aliphatic carbocycles. The van der Waals surface area contributed by atoms with Gasteiger partial charge in [-0.2, -0.15) is 0 Å². The third kappa shape index (κ3) is 4.18. The summed E-state index contributed by atoms with van der Waals surface area (Å²) < 4.78 is 0. The van der Waals surface area contributed by atoms with Gasteiger partial charge in [0.25, 0.3) is 5.91 Å². The molecule has 7 nitrogen and oxygen atoms in total. The minimum absolute atomic E-state index is 0.0284. The first-order chi connectivity index (χ1) is 16.3. The van der Waals surface area contributed by atoms with Gasteiger partial charge >= 0.3 is 0 Å². The quantitative estimate of drug-likeness (QED) is 0.610. The van der Waals surface area contributed by atoms with Crippen LogP contribution in [0.25, 0.3) is 10.9 Å². The van der Waals surface area contributed by atoms with Crippen LogP contribution >= 0.6 is 0 Å². The number of piperazine rings is 1. The minimum Gasteiger partial charge on any atom is -0.364 e. The van der Waals surface area contributed by atoms with Crippen molar-refractivity contribution >= 4 is 22.6 Å². The topological polar surface area (TPSA) is 67.5 Å². The summed E-state index contributed by atoms with van der Waals surface area (Å²) in [4.78, 5) is 28.5. The van der Waals surface area contributed by atoms with Crippen molar-refractivity contribution in [3.8, 4) is 0 Å². The third-order valence-corrected chi connectivity index (χ3v) is 7.80. The summed E-state index contributed by atoms with van der Waals surface area (Å²) in [5, 5.41) is 4.60. The first-order valence-electron chi connectivity index (χ1n) is 12.3. The zero-order valence-electron chi connectivity index (χ0n) is 21.0. The Balaban J connectivity index is 1.37. The summed E-state index contributed by atoms with van der Waals surface area (Å²) in [5.74, 6) is 0.775. The van der Waals surface area contributed by atoms with Gasteiger partial charge in [-0.05, 0) is 63.1 Å². The molecule has 7 heteroatoms. The van der Waals surface area contributed by atoms with Gasteiger partial charge in [-0.15, -0.1) is 0 Å². The number of anilines is 1. The van der Waals surface area contributed by atoms with E-state index in [0.717, 1.165) is 61.7 Å². The van der Waals surface area contributed by atoms with Crippen LogP contribution < -0.4 is 5.32 Å². The van der Waals surface area contributed by atoms with E-state index < -0.39 is 0 Å². The number of pyridine rings is 1. The number of hydrogen-bond donors (Lipinski definition) is 2. The zero-order chi connectivity index (χ0) is 24.0. The number of benzene rings is 1. The number of aromatic amines is 1. The lowest BCUT2D eigenvalue weighted by atomic mass is 10.0. The van der Waals surface area contributed by atoms with Gasteiger partial charge in [-0.1, -0.05) is 18.2 Å². The molecule has 0 unspecified atom stereocenters. The number of carbonyl (C=O) groups is 1. The zero-order valence-corrected chi connectivity index (χ0v) is 21.0. The predicted molar refractivity (Wildman–Crippen MR) is 138 cm³/mol. The number of likely N-dealkylation sites (N-methyl/N-ethyl adjacent to an activating group) is 1. The molecule has 4 heterocycles. The fourth-order valence-electron chi connectivity index (χ4n) is 5.19. The van der Waals surface area contributed by atoms with E-state index in [2.05, 4.69) is 73.0 Å². The van der Waals surface area contributed by atoms with Gasteiger partial charge < -0.3 is 20.1 Å². The molecule has 2 aliphatic heterocycles. The Morgan fingerprint density at radius 2 is 1.76 bits per heavy atom. The molecule has 0 saturated carbocycles. The van der Waals surface area contributed by atoms with E-state index in [1.165, 1.54) is 22.3 Å². The molecule has 2 saturated heterocycles. The highest BCUT2D eigenvalue weighted by Gasteiger charge is 2.36. The largest absolute Gasteiger partial charge is 0.364 e. The summed E-state index contributed by atoms with van der Waals surface area (Å²) in [7, 11) is 2.17. The van der Waals surface area contributed by atoms with E-state index in [1.807, 2.05) is 11.0 Å². The minimum atomic E-state index is 0.0284. The Morgan fingerprint density at radius 1 is 1.09 bits per heavy atom. The molecule has 180 valence electrons. The number of fused-ring (bicyclic) bond motifs is 1. The predicted octanol–water partition coefficient (Wildman–Crippen LogP) is 3.48. The highest BCUT2D eigenvalue weighted by molar-refractivity contribution is 6.01. The van der Waals surface area contributed by atoms with Crippen molar-refractivity contribution < 1.29 is 4.79 Å². The first kappa shape index (κ1) is 22.9.